The molecule has 0 radical (unpaired) electrons. The minimum atomic E-state index is -4.40. The van der Waals surface area contributed by atoms with Crippen LogP contribution in [0, 0.1) is 0 Å². The molecule has 1 aromatic heterocycles. The quantitative estimate of drug-likeness (QED) is 0.919. The van der Waals surface area contributed by atoms with E-state index in [9.17, 15) is 13.2 Å². The molecule has 1 heterocycles. The Labute approximate surface area is 117 Å². The maximum absolute atomic E-state index is 12.5. The molecule has 0 aliphatic heterocycles. The second kappa shape index (κ2) is 5.48. The van der Waals surface area contributed by atoms with Crippen LogP contribution in [0.15, 0.2) is 24.4 Å². The molecule has 1 N–H and O–H groups in total. The summed E-state index contributed by atoms with van der Waals surface area (Å²) >= 11 is 6.63. The summed E-state index contributed by atoms with van der Waals surface area (Å²) in [5.74, 6) is 0. The summed E-state index contributed by atoms with van der Waals surface area (Å²) in [6.45, 7) is 0.553. The average molecular weight is 307 g/mol. The molecule has 0 bridgehead atoms. The van der Waals surface area contributed by atoms with Crippen molar-refractivity contribution in [2.45, 2.75) is 12.7 Å². The topological polar surface area (TPSA) is 24.9 Å². The summed E-state index contributed by atoms with van der Waals surface area (Å²) in [5, 5.41) is 2.70. The number of halogens is 4. The molecule has 0 aliphatic rings. The average Bonchev–Trinajstić information content (AvgIpc) is 2.81. The van der Waals surface area contributed by atoms with Gasteiger partial charge in [-0.15, -0.1) is 11.3 Å². The van der Waals surface area contributed by atoms with Gasteiger partial charge in [-0.1, -0.05) is 17.7 Å². The highest BCUT2D eigenvalue weighted by Crippen LogP contribution is 2.37. The third-order valence-electron chi connectivity index (χ3n) is 2.45. The van der Waals surface area contributed by atoms with Crippen LogP contribution in [0.4, 0.5) is 13.2 Å². The van der Waals surface area contributed by atoms with Crippen LogP contribution in [0.3, 0.4) is 0 Å². The standard InChI is InChI=1S/C12H10ClF3N2S/c1-17-5-8-4-7(2-3-9(8)13)10-6-18-11(19-10)12(14,15)16/h2-4,6,17H,5H2,1H3. The first-order valence-corrected chi connectivity index (χ1v) is 6.57. The molecule has 19 heavy (non-hydrogen) atoms. The van der Waals surface area contributed by atoms with E-state index in [1.807, 2.05) is 0 Å². The van der Waals surface area contributed by atoms with Gasteiger partial charge in [-0.25, -0.2) is 4.98 Å². The van der Waals surface area contributed by atoms with Crippen LogP contribution < -0.4 is 5.32 Å². The number of hydrogen-bond acceptors (Lipinski definition) is 3. The number of alkyl halides is 3. The van der Waals surface area contributed by atoms with Crippen LogP contribution in [0.5, 0.6) is 0 Å². The lowest BCUT2D eigenvalue weighted by Crippen LogP contribution is -2.05. The van der Waals surface area contributed by atoms with Gasteiger partial charge in [0.2, 0.25) is 0 Å². The summed E-state index contributed by atoms with van der Waals surface area (Å²) in [6, 6.07) is 5.14. The van der Waals surface area contributed by atoms with Crippen LogP contribution in [-0.4, -0.2) is 12.0 Å². The van der Waals surface area contributed by atoms with Crippen molar-refractivity contribution in [3.63, 3.8) is 0 Å². The predicted molar refractivity (Wildman–Crippen MR) is 70.3 cm³/mol. The number of aromatic nitrogens is 1. The summed E-state index contributed by atoms with van der Waals surface area (Å²) < 4.78 is 37.5. The van der Waals surface area contributed by atoms with E-state index in [-0.39, 0.29) is 0 Å². The van der Waals surface area contributed by atoms with Crippen molar-refractivity contribution in [2.75, 3.05) is 7.05 Å². The fourth-order valence-electron chi connectivity index (χ4n) is 1.59. The second-order valence-corrected chi connectivity index (χ2v) is 5.30. The Kier molecular flexibility index (Phi) is 4.13. The number of nitrogens with one attached hydrogen (secondary N) is 1. The fourth-order valence-corrected chi connectivity index (χ4v) is 2.56. The maximum Gasteiger partial charge on any atom is 0.443 e. The predicted octanol–water partition coefficient (Wildman–Crippen LogP) is 4.20. The SMILES string of the molecule is CNCc1cc(-c2cnc(C(F)(F)F)s2)ccc1Cl. The van der Waals surface area contributed by atoms with Crippen molar-refractivity contribution in [1.29, 1.82) is 0 Å². The molecule has 0 aliphatic carbocycles. The first-order valence-electron chi connectivity index (χ1n) is 5.38. The van der Waals surface area contributed by atoms with Gasteiger partial charge in [0, 0.05) is 17.8 Å². The Bertz CT molecular complexity index is 581. The Morgan fingerprint density at radius 3 is 2.68 bits per heavy atom. The van der Waals surface area contributed by atoms with Crippen LogP contribution in [0.25, 0.3) is 10.4 Å². The molecule has 2 rings (SSSR count). The molecule has 1 aromatic carbocycles. The van der Waals surface area contributed by atoms with Gasteiger partial charge in [0.1, 0.15) is 0 Å². The van der Waals surface area contributed by atoms with Gasteiger partial charge in [0.15, 0.2) is 5.01 Å². The highest BCUT2D eigenvalue weighted by molar-refractivity contribution is 7.15. The first-order chi connectivity index (χ1) is 8.91. The molecule has 0 saturated carbocycles. The molecule has 102 valence electrons. The minimum absolute atomic E-state index is 0.473. The Hall–Kier alpha value is -1.11. The molecular formula is C12H10ClF3N2S. The Morgan fingerprint density at radius 1 is 1.37 bits per heavy atom. The smallest absolute Gasteiger partial charge is 0.316 e. The van der Waals surface area contributed by atoms with Crippen molar-refractivity contribution in [3.05, 3.63) is 40.0 Å². The second-order valence-electron chi connectivity index (χ2n) is 3.86. The van der Waals surface area contributed by atoms with E-state index in [0.717, 1.165) is 5.56 Å². The van der Waals surface area contributed by atoms with Gasteiger partial charge in [-0.05, 0) is 30.3 Å². The van der Waals surface area contributed by atoms with E-state index < -0.39 is 11.2 Å². The lowest BCUT2D eigenvalue weighted by molar-refractivity contribution is -0.137. The minimum Gasteiger partial charge on any atom is -0.316 e. The highest BCUT2D eigenvalue weighted by Gasteiger charge is 2.34. The molecule has 2 aromatic rings. The lowest BCUT2D eigenvalue weighted by atomic mass is 10.1. The van der Waals surface area contributed by atoms with E-state index >= 15 is 0 Å². The van der Waals surface area contributed by atoms with E-state index in [4.69, 9.17) is 11.6 Å². The fraction of sp³-hybridized carbons (Fsp3) is 0.250. The molecule has 0 atom stereocenters. The summed E-state index contributed by atoms with van der Waals surface area (Å²) in [4.78, 5) is 3.88. The molecule has 2 nitrogen and oxygen atoms in total. The number of hydrogen-bond donors (Lipinski definition) is 1. The molecule has 7 heteroatoms. The van der Waals surface area contributed by atoms with Crippen molar-refractivity contribution < 1.29 is 13.2 Å². The van der Waals surface area contributed by atoms with Gasteiger partial charge in [0.05, 0.1) is 4.88 Å². The summed E-state index contributed by atoms with van der Waals surface area (Å²) in [7, 11) is 1.78. The van der Waals surface area contributed by atoms with Gasteiger partial charge in [0.25, 0.3) is 0 Å². The number of thiazole rings is 1. The van der Waals surface area contributed by atoms with Crippen molar-refractivity contribution in [1.82, 2.24) is 10.3 Å². The van der Waals surface area contributed by atoms with E-state index in [1.54, 1.807) is 25.2 Å². The van der Waals surface area contributed by atoms with Gasteiger partial charge in [-0.3, -0.25) is 0 Å². The van der Waals surface area contributed by atoms with E-state index in [2.05, 4.69) is 10.3 Å². The van der Waals surface area contributed by atoms with Crippen LogP contribution in [0.2, 0.25) is 5.02 Å². The zero-order valence-electron chi connectivity index (χ0n) is 9.88. The lowest BCUT2D eigenvalue weighted by Gasteiger charge is -2.05. The monoisotopic (exact) mass is 306 g/mol. The zero-order chi connectivity index (χ0) is 14.0. The molecule has 0 unspecified atom stereocenters. The Morgan fingerprint density at radius 2 is 2.11 bits per heavy atom. The largest absolute Gasteiger partial charge is 0.443 e. The van der Waals surface area contributed by atoms with Crippen LogP contribution in [0.1, 0.15) is 10.6 Å². The highest BCUT2D eigenvalue weighted by atomic mass is 35.5. The van der Waals surface area contributed by atoms with Crippen molar-refractivity contribution in [3.8, 4) is 10.4 Å². The van der Waals surface area contributed by atoms with Gasteiger partial charge >= 0.3 is 6.18 Å². The first kappa shape index (κ1) is 14.3. The third kappa shape index (κ3) is 3.26. The summed E-state index contributed by atoms with van der Waals surface area (Å²) in [5.41, 5.74) is 1.52. The third-order valence-corrected chi connectivity index (χ3v) is 3.91. The normalized spacial score (nSPS) is 11.8. The number of benzene rings is 1. The zero-order valence-corrected chi connectivity index (χ0v) is 11.5. The van der Waals surface area contributed by atoms with Gasteiger partial charge < -0.3 is 5.32 Å². The molecule has 0 fully saturated rings. The summed E-state index contributed by atoms with van der Waals surface area (Å²) in [6.07, 6.45) is -3.16. The molecule has 0 spiro atoms. The van der Waals surface area contributed by atoms with Crippen molar-refractivity contribution in [2.24, 2.45) is 0 Å². The number of rotatable bonds is 3. The molecular weight excluding hydrogens is 297 g/mol. The van der Waals surface area contributed by atoms with E-state index in [0.29, 0.717) is 33.3 Å². The Balaban J connectivity index is 2.36. The molecule has 0 saturated heterocycles. The maximum atomic E-state index is 12.5. The molecule has 0 amide bonds. The van der Waals surface area contributed by atoms with Crippen molar-refractivity contribution >= 4 is 22.9 Å². The number of nitrogens with zero attached hydrogens (tertiary/aromatic N) is 1. The van der Waals surface area contributed by atoms with E-state index in [1.165, 1.54) is 6.20 Å². The van der Waals surface area contributed by atoms with Crippen LogP contribution >= 0.6 is 22.9 Å². The van der Waals surface area contributed by atoms with Gasteiger partial charge in [-0.2, -0.15) is 13.2 Å². The van der Waals surface area contributed by atoms with Crippen LogP contribution in [-0.2, 0) is 12.7 Å².